The highest BCUT2D eigenvalue weighted by atomic mass is 32.2. The Morgan fingerprint density at radius 3 is 2.29 bits per heavy atom. The molecule has 0 unspecified atom stereocenters. The highest BCUT2D eigenvalue weighted by Gasteiger charge is 2.15. The molecule has 0 radical (unpaired) electrons. The van der Waals surface area contributed by atoms with E-state index in [9.17, 15) is 13.2 Å². The van der Waals surface area contributed by atoms with E-state index in [1.807, 2.05) is 18.2 Å². The third-order valence-corrected chi connectivity index (χ3v) is 5.61. The van der Waals surface area contributed by atoms with Gasteiger partial charge in [-0.25, -0.2) is 8.42 Å². The minimum absolute atomic E-state index is 0.131. The SMILES string of the molecule is CN(CCc1ccccn1)C(=O)c1ccc(NS(=O)(=O)c2ccccc2)cc1. The molecule has 1 aromatic heterocycles. The molecule has 3 aromatic rings. The molecule has 1 amide bonds. The number of pyridine rings is 1. The number of hydrogen-bond donors (Lipinski definition) is 1. The number of rotatable bonds is 7. The number of amides is 1. The number of aromatic nitrogens is 1. The predicted octanol–water partition coefficient (Wildman–Crippen LogP) is 3.20. The Bertz CT molecular complexity index is 1020. The summed E-state index contributed by atoms with van der Waals surface area (Å²) in [7, 11) is -1.92. The topological polar surface area (TPSA) is 79.4 Å². The maximum atomic E-state index is 12.6. The van der Waals surface area contributed by atoms with Gasteiger partial charge in [-0.3, -0.25) is 14.5 Å². The zero-order chi connectivity index (χ0) is 20.0. The third kappa shape index (κ3) is 4.95. The van der Waals surface area contributed by atoms with Crippen LogP contribution in [0.3, 0.4) is 0 Å². The molecule has 0 spiro atoms. The van der Waals surface area contributed by atoms with Gasteiger partial charge in [0.1, 0.15) is 0 Å². The highest BCUT2D eigenvalue weighted by molar-refractivity contribution is 7.92. The number of anilines is 1. The van der Waals surface area contributed by atoms with E-state index in [0.29, 0.717) is 24.2 Å². The maximum Gasteiger partial charge on any atom is 0.261 e. The van der Waals surface area contributed by atoms with Crippen LogP contribution in [-0.2, 0) is 16.4 Å². The van der Waals surface area contributed by atoms with Gasteiger partial charge in [0, 0.05) is 43.2 Å². The fourth-order valence-electron chi connectivity index (χ4n) is 2.64. The summed E-state index contributed by atoms with van der Waals surface area (Å²) in [6.45, 7) is 0.540. The first-order valence-electron chi connectivity index (χ1n) is 8.79. The Labute approximate surface area is 164 Å². The average Bonchev–Trinajstić information content (AvgIpc) is 2.73. The molecule has 1 heterocycles. The Morgan fingerprint density at radius 2 is 1.64 bits per heavy atom. The summed E-state index contributed by atoms with van der Waals surface area (Å²) in [6.07, 6.45) is 2.39. The number of sulfonamides is 1. The van der Waals surface area contributed by atoms with Gasteiger partial charge in [-0.1, -0.05) is 24.3 Å². The number of hydrogen-bond acceptors (Lipinski definition) is 4. The molecule has 0 aliphatic rings. The number of likely N-dealkylation sites (N-methyl/N-ethyl adjacent to an activating group) is 1. The van der Waals surface area contributed by atoms with Crippen LogP contribution in [0, 0.1) is 0 Å². The van der Waals surface area contributed by atoms with Crippen molar-refractivity contribution in [1.29, 1.82) is 0 Å². The second-order valence-electron chi connectivity index (χ2n) is 6.29. The molecule has 0 atom stereocenters. The van der Waals surface area contributed by atoms with Crippen molar-refractivity contribution in [1.82, 2.24) is 9.88 Å². The molecule has 0 saturated carbocycles. The van der Waals surface area contributed by atoms with E-state index in [2.05, 4.69) is 9.71 Å². The molecular weight excluding hydrogens is 374 g/mol. The van der Waals surface area contributed by atoms with Crippen molar-refractivity contribution in [3.63, 3.8) is 0 Å². The first kappa shape index (κ1) is 19.6. The van der Waals surface area contributed by atoms with Crippen LogP contribution in [0.4, 0.5) is 5.69 Å². The summed E-state index contributed by atoms with van der Waals surface area (Å²) >= 11 is 0. The Balaban J connectivity index is 1.62. The van der Waals surface area contributed by atoms with Crippen LogP contribution in [-0.4, -0.2) is 37.8 Å². The summed E-state index contributed by atoms with van der Waals surface area (Å²) in [6, 6.07) is 20.2. The Kier molecular flexibility index (Phi) is 6.06. The van der Waals surface area contributed by atoms with Gasteiger partial charge in [0.15, 0.2) is 0 Å². The molecule has 0 aliphatic carbocycles. The van der Waals surface area contributed by atoms with Gasteiger partial charge in [-0.2, -0.15) is 0 Å². The summed E-state index contributed by atoms with van der Waals surface area (Å²) in [5.74, 6) is -0.131. The normalized spacial score (nSPS) is 11.0. The van der Waals surface area contributed by atoms with Gasteiger partial charge >= 0.3 is 0 Å². The molecule has 28 heavy (non-hydrogen) atoms. The first-order chi connectivity index (χ1) is 13.5. The molecule has 7 heteroatoms. The van der Waals surface area contributed by atoms with Crippen LogP contribution >= 0.6 is 0 Å². The molecule has 6 nitrogen and oxygen atoms in total. The summed E-state index contributed by atoms with van der Waals surface area (Å²) in [5.41, 5.74) is 1.82. The van der Waals surface area contributed by atoms with Crippen LogP contribution in [0.5, 0.6) is 0 Å². The van der Waals surface area contributed by atoms with E-state index in [1.165, 1.54) is 12.1 Å². The molecule has 144 valence electrons. The van der Waals surface area contributed by atoms with Crippen LogP contribution in [0.15, 0.2) is 83.9 Å². The van der Waals surface area contributed by atoms with E-state index in [-0.39, 0.29) is 10.8 Å². The average molecular weight is 395 g/mol. The van der Waals surface area contributed by atoms with Crippen LogP contribution in [0.25, 0.3) is 0 Å². The van der Waals surface area contributed by atoms with E-state index >= 15 is 0 Å². The second-order valence-corrected chi connectivity index (χ2v) is 7.98. The highest BCUT2D eigenvalue weighted by Crippen LogP contribution is 2.17. The monoisotopic (exact) mass is 395 g/mol. The lowest BCUT2D eigenvalue weighted by molar-refractivity contribution is 0.0796. The van der Waals surface area contributed by atoms with Crippen LogP contribution in [0.2, 0.25) is 0 Å². The smallest absolute Gasteiger partial charge is 0.261 e. The number of nitrogens with zero attached hydrogens (tertiary/aromatic N) is 2. The molecule has 0 aliphatic heterocycles. The van der Waals surface area contributed by atoms with Crippen molar-refractivity contribution in [3.05, 3.63) is 90.3 Å². The Morgan fingerprint density at radius 1 is 0.964 bits per heavy atom. The quantitative estimate of drug-likeness (QED) is 0.666. The molecule has 0 saturated heterocycles. The molecule has 2 aromatic carbocycles. The largest absolute Gasteiger partial charge is 0.341 e. The van der Waals surface area contributed by atoms with Crippen molar-refractivity contribution in [2.75, 3.05) is 18.3 Å². The van der Waals surface area contributed by atoms with Gasteiger partial charge in [-0.15, -0.1) is 0 Å². The van der Waals surface area contributed by atoms with Crippen molar-refractivity contribution in [3.8, 4) is 0 Å². The van der Waals surface area contributed by atoms with E-state index in [0.717, 1.165) is 5.69 Å². The lowest BCUT2D eigenvalue weighted by Gasteiger charge is -2.17. The Hall–Kier alpha value is -3.19. The van der Waals surface area contributed by atoms with Crippen molar-refractivity contribution in [2.45, 2.75) is 11.3 Å². The zero-order valence-electron chi connectivity index (χ0n) is 15.4. The fourth-order valence-corrected chi connectivity index (χ4v) is 3.72. The maximum absolute atomic E-state index is 12.6. The molecule has 1 N–H and O–H groups in total. The van der Waals surface area contributed by atoms with Gasteiger partial charge in [0.25, 0.3) is 15.9 Å². The lowest BCUT2D eigenvalue weighted by atomic mass is 10.2. The standard InChI is InChI=1S/C21H21N3O3S/c1-24(16-14-18-7-5-6-15-22-18)21(25)17-10-12-19(13-11-17)23-28(26,27)20-8-3-2-4-9-20/h2-13,15,23H,14,16H2,1H3. The van der Waals surface area contributed by atoms with Crippen LogP contribution in [0.1, 0.15) is 16.1 Å². The molecular formula is C21H21N3O3S. The second kappa shape index (κ2) is 8.67. The molecule has 0 bridgehead atoms. The molecule has 3 rings (SSSR count). The number of carbonyl (C=O) groups is 1. The lowest BCUT2D eigenvalue weighted by Crippen LogP contribution is -2.29. The summed E-state index contributed by atoms with van der Waals surface area (Å²) in [4.78, 5) is 18.6. The third-order valence-electron chi connectivity index (χ3n) is 4.21. The predicted molar refractivity (Wildman–Crippen MR) is 109 cm³/mol. The summed E-state index contributed by atoms with van der Waals surface area (Å²) < 4.78 is 27.2. The minimum atomic E-state index is -3.65. The number of carbonyl (C=O) groups excluding carboxylic acids is 1. The van der Waals surface area contributed by atoms with Crippen molar-refractivity contribution < 1.29 is 13.2 Å². The zero-order valence-corrected chi connectivity index (χ0v) is 16.3. The first-order valence-corrected chi connectivity index (χ1v) is 10.3. The van der Waals surface area contributed by atoms with Gasteiger partial charge in [0.05, 0.1) is 4.90 Å². The number of nitrogens with one attached hydrogen (secondary N) is 1. The van der Waals surface area contributed by atoms with Gasteiger partial charge < -0.3 is 4.90 Å². The molecule has 0 fully saturated rings. The van der Waals surface area contributed by atoms with Gasteiger partial charge in [-0.05, 0) is 48.5 Å². The number of benzene rings is 2. The van der Waals surface area contributed by atoms with E-state index in [1.54, 1.807) is 60.6 Å². The van der Waals surface area contributed by atoms with Gasteiger partial charge in [0.2, 0.25) is 0 Å². The van der Waals surface area contributed by atoms with E-state index < -0.39 is 10.0 Å². The fraction of sp³-hybridized carbons (Fsp3) is 0.143. The van der Waals surface area contributed by atoms with Crippen molar-refractivity contribution >= 4 is 21.6 Å². The minimum Gasteiger partial charge on any atom is -0.341 e. The van der Waals surface area contributed by atoms with Crippen LogP contribution < -0.4 is 4.72 Å². The van der Waals surface area contributed by atoms with Crippen molar-refractivity contribution in [2.24, 2.45) is 0 Å². The van der Waals surface area contributed by atoms with E-state index in [4.69, 9.17) is 0 Å². The summed E-state index contributed by atoms with van der Waals surface area (Å²) in [5, 5.41) is 0.